The number of esters is 1. The van der Waals surface area contributed by atoms with Gasteiger partial charge in [-0.05, 0) is 33.0 Å². The van der Waals surface area contributed by atoms with Crippen LogP contribution in [-0.2, 0) is 4.74 Å². The van der Waals surface area contributed by atoms with E-state index in [4.69, 9.17) is 15.2 Å². The zero-order valence-electron chi connectivity index (χ0n) is 12.1. The van der Waals surface area contributed by atoms with Crippen LogP contribution in [0.3, 0.4) is 0 Å². The summed E-state index contributed by atoms with van der Waals surface area (Å²) in [6.07, 6.45) is 2.12. The van der Waals surface area contributed by atoms with Gasteiger partial charge in [-0.2, -0.15) is 0 Å². The van der Waals surface area contributed by atoms with Crippen molar-refractivity contribution in [1.82, 2.24) is 4.90 Å². The summed E-state index contributed by atoms with van der Waals surface area (Å²) in [6.45, 7) is 2.12. The fraction of sp³-hybridized carbons (Fsp3) is 0.615. The second kappa shape index (κ2) is 6.32. The minimum Gasteiger partial charge on any atom is -0.492 e. The van der Waals surface area contributed by atoms with E-state index >= 15 is 0 Å². The van der Waals surface area contributed by atoms with Gasteiger partial charge in [-0.3, -0.25) is 0 Å². The Bertz CT molecular complexity index is 481. The number of methoxy groups -OCH3 is 2. The summed E-state index contributed by atoms with van der Waals surface area (Å²) in [4.78, 5) is 14.4. The normalized spacial score (nSPS) is 16.9. The molecule has 1 aliphatic heterocycles. The van der Waals surface area contributed by atoms with Gasteiger partial charge >= 0.3 is 5.97 Å². The molecule has 0 spiro atoms. The number of hydrogen-bond donors (Lipinski definition) is 2. The van der Waals surface area contributed by atoms with E-state index in [1.54, 1.807) is 7.11 Å². The molecule has 6 nitrogen and oxygen atoms in total. The third-order valence-corrected chi connectivity index (χ3v) is 4.63. The Morgan fingerprint density at radius 2 is 2.05 bits per heavy atom. The molecular formula is C13H21N3O3S. The Hall–Kier alpha value is -1.47. The van der Waals surface area contributed by atoms with E-state index in [2.05, 4.69) is 17.3 Å². The van der Waals surface area contributed by atoms with E-state index in [9.17, 15) is 4.79 Å². The van der Waals surface area contributed by atoms with Crippen molar-refractivity contribution in [2.24, 2.45) is 0 Å². The van der Waals surface area contributed by atoms with Crippen LogP contribution in [0.2, 0.25) is 0 Å². The van der Waals surface area contributed by atoms with Crippen LogP contribution >= 0.6 is 11.3 Å². The van der Waals surface area contributed by atoms with Crippen LogP contribution in [0.1, 0.15) is 22.5 Å². The molecule has 0 amide bonds. The average molecular weight is 299 g/mol. The zero-order chi connectivity index (χ0) is 14.7. The Labute approximate surface area is 122 Å². The second-order valence-corrected chi connectivity index (χ2v) is 5.94. The third-order valence-electron chi connectivity index (χ3n) is 3.53. The van der Waals surface area contributed by atoms with Crippen LogP contribution in [0.4, 0.5) is 10.7 Å². The van der Waals surface area contributed by atoms with Gasteiger partial charge in [0.15, 0.2) is 5.75 Å². The summed E-state index contributed by atoms with van der Waals surface area (Å²) in [5, 5.41) is 4.25. The number of likely N-dealkylation sites (tertiary alicyclic amines) is 1. The molecule has 0 bridgehead atoms. The fourth-order valence-electron chi connectivity index (χ4n) is 2.31. The second-order valence-electron chi connectivity index (χ2n) is 4.92. The summed E-state index contributed by atoms with van der Waals surface area (Å²) < 4.78 is 10.1. The number of carbonyl (C=O) groups excluding carboxylic acids is 1. The van der Waals surface area contributed by atoms with Gasteiger partial charge < -0.3 is 25.4 Å². The Morgan fingerprint density at radius 3 is 2.60 bits per heavy atom. The number of nitrogens with one attached hydrogen (secondary N) is 1. The molecule has 2 heterocycles. The van der Waals surface area contributed by atoms with Crippen molar-refractivity contribution in [3.05, 3.63) is 4.88 Å². The maximum Gasteiger partial charge on any atom is 0.350 e. The molecular weight excluding hydrogens is 278 g/mol. The first kappa shape index (κ1) is 14.9. The number of nitrogens with zero attached hydrogens (tertiary/aromatic N) is 1. The van der Waals surface area contributed by atoms with Gasteiger partial charge in [0, 0.05) is 6.04 Å². The van der Waals surface area contributed by atoms with E-state index in [0.29, 0.717) is 22.4 Å². The Balaban J connectivity index is 2.16. The smallest absolute Gasteiger partial charge is 0.350 e. The highest BCUT2D eigenvalue weighted by molar-refractivity contribution is 7.19. The minimum atomic E-state index is -0.428. The third kappa shape index (κ3) is 2.99. The fourth-order valence-corrected chi connectivity index (χ4v) is 3.39. The molecule has 112 valence electrons. The van der Waals surface area contributed by atoms with E-state index in [1.165, 1.54) is 18.4 Å². The number of hydrogen-bond acceptors (Lipinski definition) is 7. The number of carbonyl (C=O) groups is 1. The lowest BCUT2D eigenvalue weighted by Gasteiger charge is -2.29. The molecule has 0 unspecified atom stereocenters. The molecule has 0 atom stereocenters. The van der Waals surface area contributed by atoms with Crippen molar-refractivity contribution in [2.45, 2.75) is 18.9 Å². The number of anilines is 2. The summed E-state index contributed by atoms with van der Waals surface area (Å²) in [7, 11) is 5.02. The van der Waals surface area contributed by atoms with Crippen LogP contribution in [0.15, 0.2) is 0 Å². The summed E-state index contributed by atoms with van der Waals surface area (Å²) in [6, 6.07) is 0.378. The molecule has 1 saturated heterocycles. The van der Waals surface area contributed by atoms with Gasteiger partial charge in [0.1, 0.15) is 15.6 Å². The first-order valence-electron chi connectivity index (χ1n) is 6.56. The minimum absolute atomic E-state index is 0.347. The molecule has 1 aromatic rings. The van der Waals surface area contributed by atoms with Crippen LogP contribution in [-0.4, -0.2) is 51.3 Å². The number of rotatable bonds is 4. The molecule has 1 fully saturated rings. The van der Waals surface area contributed by atoms with Crippen molar-refractivity contribution in [3.8, 4) is 5.75 Å². The van der Waals surface area contributed by atoms with E-state index in [-0.39, 0.29) is 0 Å². The number of thiophene rings is 1. The number of nitrogen functional groups attached to an aromatic ring is 1. The van der Waals surface area contributed by atoms with E-state index < -0.39 is 5.97 Å². The lowest BCUT2D eigenvalue weighted by molar-refractivity contribution is 0.0607. The number of ether oxygens (including phenoxy) is 2. The first-order valence-corrected chi connectivity index (χ1v) is 7.38. The Kier molecular flexibility index (Phi) is 4.72. The molecule has 0 saturated carbocycles. The molecule has 1 aromatic heterocycles. The van der Waals surface area contributed by atoms with Crippen LogP contribution in [0.25, 0.3) is 0 Å². The summed E-state index contributed by atoms with van der Waals surface area (Å²) in [5.74, 6) is 0.108. The molecule has 0 aromatic carbocycles. The largest absolute Gasteiger partial charge is 0.492 e. The van der Waals surface area contributed by atoms with Crippen molar-refractivity contribution in [3.63, 3.8) is 0 Å². The zero-order valence-corrected chi connectivity index (χ0v) is 12.9. The van der Waals surface area contributed by atoms with Gasteiger partial charge in [0.25, 0.3) is 0 Å². The number of piperidine rings is 1. The monoisotopic (exact) mass is 299 g/mol. The van der Waals surface area contributed by atoms with Crippen LogP contribution < -0.4 is 15.8 Å². The quantitative estimate of drug-likeness (QED) is 0.823. The molecule has 3 N–H and O–H groups in total. The van der Waals surface area contributed by atoms with Crippen molar-refractivity contribution in [2.75, 3.05) is 45.4 Å². The molecule has 2 rings (SSSR count). The molecule has 0 aliphatic carbocycles. The highest BCUT2D eigenvalue weighted by atomic mass is 32.1. The lowest BCUT2D eigenvalue weighted by atomic mass is 10.1. The van der Waals surface area contributed by atoms with Crippen LogP contribution in [0, 0.1) is 0 Å². The molecule has 7 heteroatoms. The maximum absolute atomic E-state index is 11.7. The van der Waals surface area contributed by atoms with Gasteiger partial charge in [-0.25, -0.2) is 4.79 Å². The maximum atomic E-state index is 11.7. The summed E-state index contributed by atoms with van der Waals surface area (Å²) in [5.41, 5.74) is 6.30. The summed E-state index contributed by atoms with van der Waals surface area (Å²) >= 11 is 1.29. The molecule has 1 aliphatic rings. The van der Waals surface area contributed by atoms with Gasteiger partial charge in [0.2, 0.25) is 0 Å². The SMILES string of the molecule is COC(=O)c1sc(NC2CCN(C)CC2)c(OC)c1N. The van der Waals surface area contributed by atoms with Gasteiger partial charge in [0.05, 0.1) is 14.2 Å². The van der Waals surface area contributed by atoms with Crippen molar-refractivity contribution >= 4 is 28.0 Å². The van der Waals surface area contributed by atoms with E-state index in [1.807, 2.05) is 0 Å². The highest BCUT2D eigenvalue weighted by Crippen LogP contribution is 2.43. The van der Waals surface area contributed by atoms with Crippen molar-refractivity contribution in [1.29, 1.82) is 0 Å². The Morgan fingerprint density at radius 1 is 1.40 bits per heavy atom. The van der Waals surface area contributed by atoms with Gasteiger partial charge in [-0.1, -0.05) is 0 Å². The predicted octanol–water partition coefficient (Wildman–Crippen LogP) is 1.63. The average Bonchev–Trinajstić information content (AvgIpc) is 2.76. The van der Waals surface area contributed by atoms with E-state index in [0.717, 1.165) is 30.9 Å². The van der Waals surface area contributed by atoms with Crippen molar-refractivity contribution < 1.29 is 14.3 Å². The predicted molar refractivity (Wildman–Crippen MR) is 80.8 cm³/mol. The lowest BCUT2D eigenvalue weighted by Crippen LogP contribution is -2.36. The number of nitrogens with two attached hydrogens (primary N) is 1. The van der Waals surface area contributed by atoms with Crippen LogP contribution in [0.5, 0.6) is 5.75 Å². The molecule has 0 radical (unpaired) electrons. The molecule has 20 heavy (non-hydrogen) atoms. The highest BCUT2D eigenvalue weighted by Gasteiger charge is 2.25. The van der Waals surface area contributed by atoms with Gasteiger partial charge in [-0.15, -0.1) is 11.3 Å². The topological polar surface area (TPSA) is 76.8 Å². The standard InChI is InChI=1S/C13H21N3O3S/c1-16-6-4-8(5-7-16)15-12-10(18-2)9(14)11(20-12)13(17)19-3/h8,15H,4-7,14H2,1-3H3. The first-order chi connectivity index (χ1) is 9.56.